The van der Waals surface area contributed by atoms with Gasteiger partial charge in [0.1, 0.15) is 0 Å². The molecule has 0 aliphatic rings. The van der Waals surface area contributed by atoms with E-state index in [0.717, 1.165) is 11.1 Å². The summed E-state index contributed by atoms with van der Waals surface area (Å²) in [5.74, 6) is 0.204. The Morgan fingerprint density at radius 2 is 1.61 bits per heavy atom. The Balaban J connectivity index is 1.72. The third-order valence-corrected chi connectivity index (χ3v) is 7.05. The van der Waals surface area contributed by atoms with Crippen LogP contribution in [0.5, 0.6) is 0 Å². The van der Waals surface area contributed by atoms with Gasteiger partial charge in [0.05, 0.1) is 10.6 Å². The van der Waals surface area contributed by atoms with Crippen LogP contribution >= 0.6 is 0 Å². The number of aryl methyl sites for hydroxylation is 1. The number of carbonyl (C=O) groups is 1. The highest BCUT2D eigenvalue weighted by Gasteiger charge is 2.21. The summed E-state index contributed by atoms with van der Waals surface area (Å²) >= 11 is 0. The fourth-order valence-corrected chi connectivity index (χ4v) is 4.34. The number of benzene rings is 3. The van der Waals surface area contributed by atoms with Crippen molar-refractivity contribution in [3.8, 4) is 0 Å². The molecule has 0 spiro atoms. The maximum atomic E-state index is 12.9. The molecule has 0 atom stereocenters. The molecular formula is C25H28N2O3S. The maximum Gasteiger partial charge on any atom is 0.264 e. The van der Waals surface area contributed by atoms with Crippen LogP contribution in [-0.2, 0) is 16.6 Å². The topological polar surface area (TPSA) is 66.5 Å². The lowest BCUT2D eigenvalue weighted by Crippen LogP contribution is -2.27. The van der Waals surface area contributed by atoms with Gasteiger partial charge in [-0.1, -0.05) is 61.9 Å². The highest BCUT2D eigenvalue weighted by atomic mass is 32.2. The second-order valence-corrected chi connectivity index (χ2v) is 9.88. The van der Waals surface area contributed by atoms with E-state index in [9.17, 15) is 13.2 Å². The highest BCUT2D eigenvalue weighted by molar-refractivity contribution is 7.92. The maximum absolute atomic E-state index is 12.9. The van der Waals surface area contributed by atoms with E-state index in [4.69, 9.17) is 0 Å². The monoisotopic (exact) mass is 436 g/mol. The quantitative estimate of drug-likeness (QED) is 0.574. The zero-order valence-electron chi connectivity index (χ0n) is 18.3. The van der Waals surface area contributed by atoms with Crippen LogP contribution in [0, 0.1) is 6.92 Å². The van der Waals surface area contributed by atoms with Crippen LogP contribution in [0.3, 0.4) is 0 Å². The molecule has 0 saturated carbocycles. The predicted molar refractivity (Wildman–Crippen MR) is 125 cm³/mol. The van der Waals surface area contributed by atoms with Crippen molar-refractivity contribution in [3.05, 3.63) is 95.1 Å². The Kier molecular flexibility index (Phi) is 6.81. The van der Waals surface area contributed by atoms with E-state index < -0.39 is 10.0 Å². The van der Waals surface area contributed by atoms with Crippen LogP contribution in [0.2, 0.25) is 0 Å². The molecule has 1 N–H and O–H groups in total. The molecule has 6 heteroatoms. The summed E-state index contributed by atoms with van der Waals surface area (Å²) in [6.45, 7) is 6.58. The van der Waals surface area contributed by atoms with Gasteiger partial charge < -0.3 is 5.32 Å². The van der Waals surface area contributed by atoms with E-state index in [2.05, 4.69) is 31.3 Å². The molecule has 3 aromatic carbocycles. The third-order valence-electron chi connectivity index (χ3n) is 5.25. The van der Waals surface area contributed by atoms with Gasteiger partial charge in [0.2, 0.25) is 0 Å². The first-order valence-electron chi connectivity index (χ1n) is 10.2. The number of nitrogens with zero attached hydrogens (tertiary/aromatic N) is 1. The second kappa shape index (κ2) is 9.35. The summed E-state index contributed by atoms with van der Waals surface area (Å²) in [5.41, 5.74) is 4.07. The van der Waals surface area contributed by atoms with Crippen molar-refractivity contribution < 1.29 is 13.2 Å². The van der Waals surface area contributed by atoms with Gasteiger partial charge in [0.25, 0.3) is 15.9 Å². The van der Waals surface area contributed by atoms with Crippen molar-refractivity contribution in [1.29, 1.82) is 0 Å². The number of hydrogen-bond donors (Lipinski definition) is 1. The minimum Gasteiger partial charge on any atom is -0.348 e. The molecule has 0 saturated heterocycles. The molecule has 5 nitrogen and oxygen atoms in total. The minimum atomic E-state index is -3.72. The van der Waals surface area contributed by atoms with Crippen molar-refractivity contribution in [1.82, 2.24) is 5.32 Å². The lowest BCUT2D eigenvalue weighted by molar-refractivity contribution is 0.0951. The fraction of sp³-hybridized carbons (Fsp3) is 0.240. The summed E-state index contributed by atoms with van der Waals surface area (Å²) in [5, 5.41) is 2.90. The standard InChI is InChI=1S/C25H28N2O3S/c1-18(2)21-12-10-20(11-13-21)17-26-25(28)22-6-5-7-23(16-22)27(4)31(29,30)24-14-8-19(3)9-15-24/h5-16,18H,17H2,1-4H3,(H,26,28). The number of anilines is 1. The lowest BCUT2D eigenvalue weighted by atomic mass is 10.0. The fourth-order valence-electron chi connectivity index (χ4n) is 3.15. The van der Waals surface area contributed by atoms with Gasteiger partial charge in [0, 0.05) is 19.2 Å². The highest BCUT2D eigenvalue weighted by Crippen LogP contribution is 2.23. The summed E-state index contributed by atoms with van der Waals surface area (Å²) in [4.78, 5) is 12.9. The molecule has 0 heterocycles. The van der Waals surface area contributed by atoms with E-state index in [-0.39, 0.29) is 10.8 Å². The zero-order valence-corrected chi connectivity index (χ0v) is 19.1. The first-order valence-corrected chi connectivity index (χ1v) is 11.6. The lowest BCUT2D eigenvalue weighted by Gasteiger charge is -2.20. The molecule has 0 aromatic heterocycles. The summed E-state index contributed by atoms with van der Waals surface area (Å²) in [6, 6.07) is 21.5. The van der Waals surface area contributed by atoms with Gasteiger partial charge in [0.15, 0.2) is 0 Å². The van der Waals surface area contributed by atoms with Crippen molar-refractivity contribution in [2.75, 3.05) is 11.4 Å². The molecular weight excluding hydrogens is 408 g/mol. The van der Waals surface area contributed by atoms with E-state index in [1.54, 1.807) is 48.5 Å². The smallest absolute Gasteiger partial charge is 0.264 e. The van der Waals surface area contributed by atoms with Crippen LogP contribution in [0.25, 0.3) is 0 Å². The number of rotatable bonds is 7. The van der Waals surface area contributed by atoms with Gasteiger partial charge in [-0.2, -0.15) is 0 Å². The van der Waals surface area contributed by atoms with E-state index >= 15 is 0 Å². The third kappa shape index (κ3) is 5.33. The molecule has 3 rings (SSSR count). The van der Waals surface area contributed by atoms with Crippen molar-refractivity contribution in [2.24, 2.45) is 0 Å². The van der Waals surface area contributed by atoms with Crippen LogP contribution in [0.4, 0.5) is 5.69 Å². The van der Waals surface area contributed by atoms with Crippen LogP contribution in [0.15, 0.2) is 77.7 Å². The zero-order chi connectivity index (χ0) is 22.6. The van der Waals surface area contributed by atoms with Gasteiger partial charge in [-0.25, -0.2) is 8.42 Å². The number of nitrogens with one attached hydrogen (secondary N) is 1. The number of carbonyl (C=O) groups excluding carboxylic acids is 1. The molecule has 0 aliphatic heterocycles. The number of amides is 1. The molecule has 162 valence electrons. The Morgan fingerprint density at radius 1 is 0.968 bits per heavy atom. The Hall–Kier alpha value is -3.12. The summed E-state index contributed by atoms with van der Waals surface area (Å²) < 4.78 is 27.1. The molecule has 0 aliphatic carbocycles. The minimum absolute atomic E-state index is 0.209. The van der Waals surface area contributed by atoms with Crippen molar-refractivity contribution >= 4 is 21.6 Å². The predicted octanol–water partition coefficient (Wildman–Crippen LogP) is 4.87. The SMILES string of the molecule is Cc1ccc(S(=O)(=O)N(C)c2cccc(C(=O)NCc3ccc(C(C)C)cc3)c2)cc1. The average Bonchev–Trinajstić information content (AvgIpc) is 2.77. The van der Waals surface area contributed by atoms with Gasteiger partial charge in [-0.3, -0.25) is 9.10 Å². The molecule has 0 unspecified atom stereocenters. The van der Waals surface area contributed by atoms with Crippen LogP contribution in [0.1, 0.15) is 46.8 Å². The van der Waals surface area contributed by atoms with E-state index in [0.29, 0.717) is 23.7 Å². The summed E-state index contributed by atoms with van der Waals surface area (Å²) in [7, 11) is -2.23. The first kappa shape index (κ1) is 22.6. The van der Waals surface area contributed by atoms with E-state index in [1.807, 2.05) is 19.1 Å². The number of sulfonamides is 1. The van der Waals surface area contributed by atoms with Crippen LogP contribution in [-0.4, -0.2) is 21.4 Å². The molecule has 0 radical (unpaired) electrons. The Bertz CT molecular complexity index is 1150. The van der Waals surface area contributed by atoms with Gasteiger partial charge in [-0.05, 0) is 54.3 Å². The number of hydrogen-bond acceptors (Lipinski definition) is 3. The van der Waals surface area contributed by atoms with Crippen molar-refractivity contribution in [3.63, 3.8) is 0 Å². The molecule has 31 heavy (non-hydrogen) atoms. The normalized spacial score (nSPS) is 11.4. The molecule has 3 aromatic rings. The van der Waals surface area contributed by atoms with Gasteiger partial charge in [-0.15, -0.1) is 0 Å². The van der Waals surface area contributed by atoms with E-state index in [1.165, 1.54) is 16.9 Å². The summed E-state index contributed by atoms with van der Waals surface area (Å²) in [6.07, 6.45) is 0. The Morgan fingerprint density at radius 3 is 2.23 bits per heavy atom. The molecule has 1 amide bonds. The van der Waals surface area contributed by atoms with Gasteiger partial charge >= 0.3 is 0 Å². The first-order chi connectivity index (χ1) is 14.7. The molecule has 0 fully saturated rings. The second-order valence-electron chi connectivity index (χ2n) is 7.91. The van der Waals surface area contributed by atoms with Crippen molar-refractivity contribution in [2.45, 2.75) is 38.1 Å². The average molecular weight is 437 g/mol. The van der Waals surface area contributed by atoms with Crippen LogP contribution < -0.4 is 9.62 Å². The largest absolute Gasteiger partial charge is 0.348 e. The molecule has 0 bridgehead atoms. The Labute approximate surface area is 184 Å².